The molecular formula is C24H21N3O. The summed E-state index contributed by atoms with van der Waals surface area (Å²) in [4.78, 5) is 8.13. The molecule has 2 aromatic carbocycles. The van der Waals surface area contributed by atoms with Gasteiger partial charge in [0.2, 0.25) is 0 Å². The van der Waals surface area contributed by atoms with Crippen LogP contribution in [0.4, 0.5) is 0 Å². The van der Waals surface area contributed by atoms with Crippen LogP contribution in [0.2, 0.25) is 0 Å². The second kappa shape index (κ2) is 6.57. The molecule has 5 aromatic rings. The van der Waals surface area contributed by atoms with Gasteiger partial charge >= 0.3 is 0 Å². The highest BCUT2D eigenvalue weighted by Crippen LogP contribution is 2.34. The molecule has 0 amide bonds. The molecular weight excluding hydrogens is 346 g/mol. The maximum atomic E-state index is 5.71. The van der Waals surface area contributed by atoms with Crippen molar-refractivity contribution in [2.24, 2.45) is 7.05 Å². The quantitative estimate of drug-likeness (QED) is 0.437. The molecule has 138 valence electrons. The Bertz CT molecular complexity index is 1280. The Labute approximate surface area is 163 Å². The number of nitrogens with one attached hydrogen (secondary N) is 1. The fourth-order valence-electron chi connectivity index (χ4n) is 3.79. The van der Waals surface area contributed by atoms with E-state index in [1.54, 1.807) is 0 Å². The summed E-state index contributed by atoms with van der Waals surface area (Å²) in [6.07, 6.45) is 4.08. The van der Waals surface area contributed by atoms with Crippen molar-refractivity contribution in [1.29, 1.82) is 0 Å². The minimum absolute atomic E-state index is 0.659. The van der Waals surface area contributed by atoms with Crippen LogP contribution < -0.4 is 4.74 Å². The molecule has 0 fully saturated rings. The van der Waals surface area contributed by atoms with Crippen LogP contribution in [0, 0.1) is 0 Å². The van der Waals surface area contributed by atoms with Crippen molar-refractivity contribution in [3.63, 3.8) is 0 Å². The van der Waals surface area contributed by atoms with Gasteiger partial charge in [-0.2, -0.15) is 0 Å². The molecule has 0 aliphatic rings. The molecule has 0 unspecified atom stereocenters. The Kier molecular flexibility index (Phi) is 3.90. The van der Waals surface area contributed by atoms with Gasteiger partial charge in [-0.3, -0.25) is 0 Å². The van der Waals surface area contributed by atoms with Gasteiger partial charge in [-0.05, 0) is 42.8 Å². The van der Waals surface area contributed by atoms with Crippen molar-refractivity contribution in [1.82, 2.24) is 14.5 Å². The third-order valence-corrected chi connectivity index (χ3v) is 5.14. The predicted octanol–water partition coefficient (Wildman–Crippen LogP) is 5.79. The minimum Gasteiger partial charge on any atom is -0.494 e. The molecule has 0 spiro atoms. The first-order chi connectivity index (χ1) is 13.7. The lowest BCUT2D eigenvalue weighted by molar-refractivity contribution is 0.341. The number of fused-ring (bicyclic) bond motifs is 2. The normalized spacial score (nSPS) is 11.4. The number of hydrogen-bond acceptors (Lipinski definition) is 2. The average Bonchev–Trinajstić information content (AvgIpc) is 3.29. The summed E-state index contributed by atoms with van der Waals surface area (Å²) in [7, 11) is 2.07. The Hall–Kier alpha value is -3.53. The van der Waals surface area contributed by atoms with E-state index < -0.39 is 0 Å². The van der Waals surface area contributed by atoms with Crippen LogP contribution in [0.5, 0.6) is 5.75 Å². The first kappa shape index (κ1) is 16.6. The van der Waals surface area contributed by atoms with Crippen molar-refractivity contribution in [3.8, 4) is 28.1 Å². The van der Waals surface area contributed by atoms with Crippen LogP contribution in [0.25, 0.3) is 44.3 Å². The van der Waals surface area contributed by atoms with Crippen LogP contribution in [-0.4, -0.2) is 21.1 Å². The second-order valence-corrected chi connectivity index (χ2v) is 6.98. The summed E-state index contributed by atoms with van der Waals surface area (Å²) in [5.41, 5.74) is 6.58. The van der Waals surface area contributed by atoms with Crippen LogP contribution in [0.3, 0.4) is 0 Å². The smallest absolute Gasteiger partial charge is 0.137 e. The lowest BCUT2D eigenvalue weighted by Gasteiger charge is -2.04. The molecule has 3 aromatic heterocycles. The molecule has 0 atom stereocenters. The molecule has 0 saturated carbocycles. The van der Waals surface area contributed by atoms with Crippen LogP contribution in [0.1, 0.15) is 6.92 Å². The standard InChI is InChI=1S/C24H21N3O/c1-3-28-19-9-10-23-20(13-19)21(15-27(23)2)22-12-17-11-18(14-25-24(17)26-22)16-7-5-4-6-8-16/h4-15H,3H2,1-2H3,(H,25,26). The molecule has 0 bridgehead atoms. The highest BCUT2D eigenvalue weighted by Gasteiger charge is 2.13. The number of pyridine rings is 1. The van der Waals surface area contributed by atoms with Crippen molar-refractivity contribution >= 4 is 21.9 Å². The number of aryl methyl sites for hydroxylation is 1. The maximum absolute atomic E-state index is 5.71. The molecule has 0 saturated heterocycles. The third kappa shape index (κ3) is 2.74. The van der Waals surface area contributed by atoms with E-state index in [2.05, 4.69) is 64.2 Å². The lowest BCUT2D eigenvalue weighted by Crippen LogP contribution is -1.91. The van der Waals surface area contributed by atoms with E-state index in [1.165, 1.54) is 16.5 Å². The summed E-state index contributed by atoms with van der Waals surface area (Å²) in [6, 6.07) is 21.0. The summed E-state index contributed by atoms with van der Waals surface area (Å²) < 4.78 is 7.85. The van der Waals surface area contributed by atoms with Gasteiger partial charge in [-0.25, -0.2) is 4.98 Å². The predicted molar refractivity (Wildman–Crippen MR) is 115 cm³/mol. The van der Waals surface area contributed by atoms with E-state index in [0.29, 0.717) is 6.61 Å². The third-order valence-electron chi connectivity index (χ3n) is 5.14. The second-order valence-electron chi connectivity index (χ2n) is 6.98. The van der Waals surface area contributed by atoms with E-state index >= 15 is 0 Å². The minimum atomic E-state index is 0.659. The van der Waals surface area contributed by atoms with Crippen molar-refractivity contribution < 1.29 is 4.74 Å². The highest BCUT2D eigenvalue weighted by molar-refractivity contribution is 5.98. The van der Waals surface area contributed by atoms with Gasteiger partial charge in [0, 0.05) is 52.6 Å². The number of aromatic amines is 1. The first-order valence-electron chi connectivity index (χ1n) is 9.49. The van der Waals surface area contributed by atoms with Gasteiger partial charge in [0.1, 0.15) is 11.4 Å². The van der Waals surface area contributed by atoms with Gasteiger partial charge in [0.25, 0.3) is 0 Å². The number of rotatable bonds is 4. The highest BCUT2D eigenvalue weighted by atomic mass is 16.5. The van der Waals surface area contributed by atoms with Crippen LogP contribution in [0.15, 0.2) is 73.1 Å². The van der Waals surface area contributed by atoms with Gasteiger partial charge in [0.15, 0.2) is 0 Å². The van der Waals surface area contributed by atoms with Gasteiger partial charge in [-0.15, -0.1) is 0 Å². The zero-order valence-electron chi connectivity index (χ0n) is 15.9. The largest absolute Gasteiger partial charge is 0.494 e. The summed E-state index contributed by atoms with van der Waals surface area (Å²) >= 11 is 0. The number of hydrogen-bond donors (Lipinski definition) is 1. The average molecular weight is 367 g/mol. The SMILES string of the molecule is CCOc1ccc2c(c1)c(-c1cc3cc(-c4ccccc4)cnc3[nH]1)cn2C. The zero-order valence-corrected chi connectivity index (χ0v) is 15.9. The molecule has 1 N–H and O–H groups in total. The fourth-order valence-corrected chi connectivity index (χ4v) is 3.79. The zero-order chi connectivity index (χ0) is 19.1. The summed E-state index contributed by atoms with van der Waals surface area (Å²) in [5.74, 6) is 0.892. The topological polar surface area (TPSA) is 42.8 Å². The number of aromatic nitrogens is 3. The molecule has 0 aliphatic heterocycles. The number of H-pyrrole nitrogens is 1. The number of nitrogens with zero attached hydrogens (tertiary/aromatic N) is 2. The molecule has 3 heterocycles. The Balaban J connectivity index is 1.64. The molecule has 28 heavy (non-hydrogen) atoms. The summed E-state index contributed by atoms with van der Waals surface area (Å²) in [6.45, 7) is 2.66. The molecule has 0 aliphatic carbocycles. The van der Waals surface area contributed by atoms with Gasteiger partial charge < -0.3 is 14.3 Å². The fraction of sp³-hybridized carbons (Fsp3) is 0.125. The Morgan fingerprint density at radius 2 is 1.86 bits per heavy atom. The Morgan fingerprint density at radius 1 is 1.00 bits per heavy atom. The molecule has 5 rings (SSSR count). The van der Waals surface area contributed by atoms with Crippen molar-refractivity contribution in [3.05, 3.63) is 73.1 Å². The maximum Gasteiger partial charge on any atom is 0.137 e. The first-order valence-corrected chi connectivity index (χ1v) is 9.49. The molecule has 4 heteroatoms. The Morgan fingerprint density at radius 3 is 2.68 bits per heavy atom. The van der Waals surface area contributed by atoms with Crippen LogP contribution in [-0.2, 0) is 7.05 Å². The van der Waals surface area contributed by atoms with E-state index in [4.69, 9.17) is 4.74 Å². The molecule has 4 nitrogen and oxygen atoms in total. The molecule has 0 radical (unpaired) electrons. The summed E-state index contributed by atoms with van der Waals surface area (Å²) in [5, 5.41) is 2.28. The van der Waals surface area contributed by atoms with Crippen LogP contribution >= 0.6 is 0 Å². The van der Waals surface area contributed by atoms with E-state index in [9.17, 15) is 0 Å². The van der Waals surface area contributed by atoms with Crippen molar-refractivity contribution in [2.75, 3.05) is 6.61 Å². The lowest BCUT2D eigenvalue weighted by atomic mass is 10.1. The van der Waals surface area contributed by atoms with E-state index in [-0.39, 0.29) is 0 Å². The van der Waals surface area contributed by atoms with Gasteiger partial charge in [-0.1, -0.05) is 30.3 Å². The number of benzene rings is 2. The van der Waals surface area contributed by atoms with E-state index in [0.717, 1.165) is 33.6 Å². The van der Waals surface area contributed by atoms with Gasteiger partial charge in [0.05, 0.1) is 6.61 Å². The van der Waals surface area contributed by atoms with Crippen molar-refractivity contribution in [2.45, 2.75) is 6.92 Å². The number of ether oxygens (including phenoxy) is 1. The monoisotopic (exact) mass is 367 g/mol. The van der Waals surface area contributed by atoms with E-state index in [1.807, 2.05) is 37.4 Å².